The quantitative estimate of drug-likeness (QED) is 0.779. The third kappa shape index (κ3) is 5.71. The molecule has 2 aliphatic rings. The first kappa shape index (κ1) is 19.7. The lowest BCUT2D eigenvalue weighted by Crippen LogP contribution is -2.46. The van der Waals surface area contributed by atoms with E-state index in [2.05, 4.69) is 19.2 Å². The van der Waals surface area contributed by atoms with Crippen molar-refractivity contribution in [2.75, 3.05) is 26.2 Å². The highest BCUT2D eigenvalue weighted by atomic mass is 35.5. The van der Waals surface area contributed by atoms with Crippen LogP contribution in [0.5, 0.6) is 0 Å². The molecule has 5 heteroatoms. The molecular weight excluding hydrogens is 300 g/mol. The molecule has 2 fully saturated rings. The SMILES string of the molecule is CCNCC1CCN(C(=O)C(CC)OC2CCCC2)CC1.Cl. The summed E-state index contributed by atoms with van der Waals surface area (Å²) in [7, 11) is 0. The maximum absolute atomic E-state index is 12.6. The summed E-state index contributed by atoms with van der Waals surface area (Å²) in [4.78, 5) is 14.7. The summed E-state index contributed by atoms with van der Waals surface area (Å²) in [6.07, 6.45) is 7.94. The van der Waals surface area contributed by atoms with E-state index in [0.29, 0.717) is 6.10 Å². The number of hydrogen-bond donors (Lipinski definition) is 1. The number of carbonyl (C=O) groups excluding carboxylic acids is 1. The first-order valence-corrected chi connectivity index (χ1v) is 8.89. The van der Waals surface area contributed by atoms with Gasteiger partial charge in [0.1, 0.15) is 6.10 Å². The van der Waals surface area contributed by atoms with Gasteiger partial charge in [0.25, 0.3) is 5.91 Å². The minimum atomic E-state index is -0.210. The van der Waals surface area contributed by atoms with Crippen LogP contribution in [-0.2, 0) is 9.53 Å². The number of nitrogens with zero attached hydrogens (tertiary/aromatic N) is 1. The van der Waals surface area contributed by atoms with E-state index in [1.54, 1.807) is 0 Å². The van der Waals surface area contributed by atoms with Gasteiger partial charge in [-0.05, 0) is 51.1 Å². The van der Waals surface area contributed by atoms with Crippen LogP contribution in [0.3, 0.4) is 0 Å². The predicted octanol–water partition coefficient (Wildman–Crippen LogP) is 2.99. The van der Waals surface area contributed by atoms with Gasteiger partial charge in [0, 0.05) is 13.1 Å². The summed E-state index contributed by atoms with van der Waals surface area (Å²) >= 11 is 0. The van der Waals surface area contributed by atoms with Crippen molar-refractivity contribution in [3.8, 4) is 0 Å². The molecule has 1 amide bonds. The number of ether oxygens (including phenoxy) is 1. The topological polar surface area (TPSA) is 41.6 Å². The van der Waals surface area contributed by atoms with E-state index < -0.39 is 0 Å². The normalized spacial score (nSPS) is 21.6. The van der Waals surface area contributed by atoms with Crippen LogP contribution in [0, 0.1) is 5.92 Å². The molecule has 130 valence electrons. The Labute approximate surface area is 141 Å². The van der Waals surface area contributed by atoms with Crippen molar-refractivity contribution in [3.05, 3.63) is 0 Å². The molecule has 22 heavy (non-hydrogen) atoms. The Morgan fingerprint density at radius 3 is 2.36 bits per heavy atom. The van der Waals surface area contributed by atoms with Crippen molar-refractivity contribution < 1.29 is 9.53 Å². The van der Waals surface area contributed by atoms with E-state index in [9.17, 15) is 4.79 Å². The van der Waals surface area contributed by atoms with E-state index in [1.165, 1.54) is 12.8 Å². The summed E-state index contributed by atoms with van der Waals surface area (Å²) < 4.78 is 6.06. The van der Waals surface area contributed by atoms with E-state index in [0.717, 1.165) is 64.2 Å². The second kappa shape index (κ2) is 10.5. The highest BCUT2D eigenvalue weighted by Gasteiger charge is 2.30. The number of piperidine rings is 1. The van der Waals surface area contributed by atoms with Gasteiger partial charge >= 0.3 is 0 Å². The van der Waals surface area contributed by atoms with Gasteiger partial charge in [0.2, 0.25) is 0 Å². The van der Waals surface area contributed by atoms with Crippen LogP contribution in [0.15, 0.2) is 0 Å². The molecule has 4 nitrogen and oxygen atoms in total. The van der Waals surface area contributed by atoms with Crippen LogP contribution < -0.4 is 5.32 Å². The van der Waals surface area contributed by atoms with Gasteiger partial charge in [-0.3, -0.25) is 4.79 Å². The van der Waals surface area contributed by atoms with Gasteiger partial charge in [0.05, 0.1) is 6.10 Å². The number of amides is 1. The van der Waals surface area contributed by atoms with Gasteiger partial charge in [-0.25, -0.2) is 0 Å². The number of likely N-dealkylation sites (tertiary alicyclic amines) is 1. The third-order valence-electron chi connectivity index (χ3n) is 4.91. The Balaban J connectivity index is 0.00000242. The maximum atomic E-state index is 12.6. The van der Waals surface area contributed by atoms with Gasteiger partial charge in [-0.15, -0.1) is 12.4 Å². The molecule has 0 bridgehead atoms. The standard InChI is InChI=1S/C17H32N2O2.ClH/c1-3-16(21-15-7-5-6-8-15)17(20)19-11-9-14(10-12-19)13-18-4-2;/h14-16,18H,3-13H2,1-2H3;1H. The van der Waals surface area contributed by atoms with E-state index in [-0.39, 0.29) is 24.4 Å². The van der Waals surface area contributed by atoms with Crippen molar-refractivity contribution in [2.45, 2.75) is 71.0 Å². The van der Waals surface area contributed by atoms with Crippen molar-refractivity contribution in [2.24, 2.45) is 5.92 Å². The Bertz CT molecular complexity index is 314. The molecule has 1 unspecified atom stereocenters. The molecule has 0 aromatic rings. The molecule has 1 aliphatic heterocycles. The van der Waals surface area contributed by atoms with E-state index in [1.807, 2.05) is 4.90 Å². The minimum absolute atomic E-state index is 0. The molecule has 0 spiro atoms. The zero-order chi connectivity index (χ0) is 15.1. The van der Waals surface area contributed by atoms with Gasteiger partial charge in [-0.1, -0.05) is 26.7 Å². The Morgan fingerprint density at radius 2 is 1.82 bits per heavy atom. The average molecular weight is 333 g/mol. The lowest BCUT2D eigenvalue weighted by atomic mass is 9.96. The Kier molecular flexibility index (Phi) is 9.37. The highest BCUT2D eigenvalue weighted by Crippen LogP contribution is 2.24. The Hall–Kier alpha value is -0.320. The molecule has 0 radical (unpaired) electrons. The third-order valence-corrected chi connectivity index (χ3v) is 4.91. The highest BCUT2D eigenvalue weighted by molar-refractivity contribution is 5.85. The molecule has 1 heterocycles. The van der Waals surface area contributed by atoms with Crippen LogP contribution in [0.25, 0.3) is 0 Å². The van der Waals surface area contributed by atoms with Crippen LogP contribution in [-0.4, -0.2) is 49.2 Å². The summed E-state index contributed by atoms with van der Waals surface area (Å²) in [5.74, 6) is 0.955. The van der Waals surface area contributed by atoms with Gasteiger partial charge in [-0.2, -0.15) is 0 Å². The molecule has 1 atom stereocenters. The first-order chi connectivity index (χ1) is 10.2. The first-order valence-electron chi connectivity index (χ1n) is 8.89. The molecule has 1 saturated heterocycles. The molecule has 1 aliphatic carbocycles. The largest absolute Gasteiger partial charge is 0.365 e. The fourth-order valence-corrected chi connectivity index (χ4v) is 3.50. The van der Waals surface area contributed by atoms with Crippen LogP contribution in [0.4, 0.5) is 0 Å². The summed E-state index contributed by atoms with van der Waals surface area (Å²) in [6, 6.07) is 0. The van der Waals surface area contributed by atoms with E-state index >= 15 is 0 Å². The fraction of sp³-hybridized carbons (Fsp3) is 0.941. The molecule has 2 rings (SSSR count). The summed E-state index contributed by atoms with van der Waals surface area (Å²) in [5.41, 5.74) is 0. The van der Waals surface area contributed by atoms with Crippen molar-refractivity contribution in [1.29, 1.82) is 0 Å². The van der Waals surface area contributed by atoms with Crippen LogP contribution in [0.2, 0.25) is 0 Å². The van der Waals surface area contributed by atoms with Crippen molar-refractivity contribution in [1.82, 2.24) is 10.2 Å². The number of nitrogens with one attached hydrogen (secondary N) is 1. The van der Waals surface area contributed by atoms with Crippen LogP contribution >= 0.6 is 12.4 Å². The van der Waals surface area contributed by atoms with E-state index in [4.69, 9.17) is 4.74 Å². The average Bonchev–Trinajstić information content (AvgIpc) is 3.03. The van der Waals surface area contributed by atoms with Gasteiger partial charge in [0.15, 0.2) is 0 Å². The monoisotopic (exact) mass is 332 g/mol. The summed E-state index contributed by atoms with van der Waals surface area (Å²) in [6.45, 7) is 8.14. The van der Waals surface area contributed by atoms with Gasteiger partial charge < -0.3 is 15.0 Å². The second-order valence-corrected chi connectivity index (χ2v) is 6.52. The predicted molar refractivity (Wildman–Crippen MR) is 92.5 cm³/mol. The number of carbonyl (C=O) groups is 1. The smallest absolute Gasteiger partial charge is 0.251 e. The van der Waals surface area contributed by atoms with Crippen molar-refractivity contribution in [3.63, 3.8) is 0 Å². The lowest BCUT2D eigenvalue weighted by molar-refractivity contribution is -0.149. The molecule has 1 N–H and O–H groups in total. The molecular formula is C17H33ClN2O2. The zero-order valence-electron chi connectivity index (χ0n) is 14.2. The van der Waals surface area contributed by atoms with Crippen LogP contribution in [0.1, 0.15) is 58.8 Å². The van der Waals surface area contributed by atoms with Crippen molar-refractivity contribution >= 4 is 18.3 Å². The Morgan fingerprint density at radius 1 is 1.18 bits per heavy atom. The molecule has 0 aromatic carbocycles. The number of rotatable bonds is 7. The number of hydrogen-bond acceptors (Lipinski definition) is 3. The lowest BCUT2D eigenvalue weighted by Gasteiger charge is -2.34. The second-order valence-electron chi connectivity index (χ2n) is 6.52. The summed E-state index contributed by atoms with van der Waals surface area (Å²) in [5, 5.41) is 3.42. The molecule has 1 saturated carbocycles. The maximum Gasteiger partial charge on any atom is 0.251 e. The zero-order valence-corrected chi connectivity index (χ0v) is 15.0. The number of halogens is 1. The molecule has 0 aromatic heterocycles. The minimum Gasteiger partial charge on any atom is -0.365 e. The fourth-order valence-electron chi connectivity index (χ4n) is 3.50.